The molecular formula is C18H21N7. The number of rotatable bonds is 5. The summed E-state index contributed by atoms with van der Waals surface area (Å²) < 4.78 is 1.52. The van der Waals surface area contributed by atoms with Crippen molar-refractivity contribution in [3.63, 3.8) is 0 Å². The van der Waals surface area contributed by atoms with Gasteiger partial charge in [-0.3, -0.25) is 4.90 Å². The number of benzene rings is 1. The molecule has 7 heteroatoms. The Morgan fingerprint density at radius 3 is 2.56 bits per heavy atom. The van der Waals surface area contributed by atoms with E-state index >= 15 is 0 Å². The first-order valence-corrected chi connectivity index (χ1v) is 8.50. The monoisotopic (exact) mass is 335 g/mol. The van der Waals surface area contributed by atoms with E-state index in [1.54, 1.807) is 6.20 Å². The summed E-state index contributed by atoms with van der Waals surface area (Å²) in [6.07, 6.45) is 4.32. The summed E-state index contributed by atoms with van der Waals surface area (Å²) in [6.45, 7) is 3.42. The topological polar surface area (TPSA) is 84.9 Å². The second kappa shape index (κ2) is 6.90. The van der Waals surface area contributed by atoms with Gasteiger partial charge in [0.15, 0.2) is 5.82 Å². The average molecular weight is 335 g/mol. The van der Waals surface area contributed by atoms with Crippen LogP contribution in [0.1, 0.15) is 18.4 Å². The van der Waals surface area contributed by atoms with E-state index in [0.717, 1.165) is 12.2 Å². The lowest BCUT2D eigenvalue weighted by molar-refractivity contribution is 0.331. The molecule has 0 amide bonds. The number of nitrogen functional groups attached to an aromatic ring is 1. The smallest absolute Gasteiger partial charge is 0.248 e. The highest BCUT2D eigenvalue weighted by molar-refractivity contribution is 5.55. The summed E-state index contributed by atoms with van der Waals surface area (Å²) in [7, 11) is 0. The molecule has 3 aromatic rings. The van der Waals surface area contributed by atoms with Crippen LogP contribution in [0.25, 0.3) is 5.82 Å². The molecule has 0 saturated carbocycles. The highest BCUT2D eigenvalue weighted by Crippen LogP contribution is 2.19. The van der Waals surface area contributed by atoms with E-state index in [9.17, 15) is 0 Å². The molecule has 0 unspecified atom stereocenters. The number of nitrogens with zero attached hydrogens (tertiary/aromatic N) is 5. The first-order chi connectivity index (χ1) is 12.3. The Balaban J connectivity index is 1.45. The summed E-state index contributed by atoms with van der Waals surface area (Å²) in [6, 6.07) is 13.9. The summed E-state index contributed by atoms with van der Waals surface area (Å²) in [4.78, 5) is 11.0. The van der Waals surface area contributed by atoms with Crippen molar-refractivity contribution in [3.05, 3.63) is 54.2 Å². The van der Waals surface area contributed by atoms with Gasteiger partial charge in [-0.25, -0.2) is 4.98 Å². The van der Waals surface area contributed by atoms with Crippen molar-refractivity contribution in [2.45, 2.75) is 19.4 Å². The van der Waals surface area contributed by atoms with Crippen molar-refractivity contribution in [1.29, 1.82) is 0 Å². The van der Waals surface area contributed by atoms with Gasteiger partial charge in [-0.15, -0.1) is 5.10 Å². The van der Waals surface area contributed by atoms with Gasteiger partial charge < -0.3 is 11.1 Å². The van der Waals surface area contributed by atoms with E-state index in [1.165, 1.54) is 36.2 Å². The maximum Gasteiger partial charge on any atom is 0.248 e. The van der Waals surface area contributed by atoms with Gasteiger partial charge in [-0.05, 0) is 55.8 Å². The molecule has 1 fully saturated rings. The zero-order valence-corrected chi connectivity index (χ0v) is 14.0. The first kappa shape index (κ1) is 15.6. The Bertz CT molecular complexity index is 820. The molecule has 4 rings (SSSR count). The van der Waals surface area contributed by atoms with E-state index in [0.29, 0.717) is 17.7 Å². The van der Waals surface area contributed by atoms with Crippen molar-refractivity contribution in [2.24, 2.45) is 0 Å². The van der Waals surface area contributed by atoms with Crippen molar-refractivity contribution in [2.75, 3.05) is 24.1 Å². The highest BCUT2D eigenvalue weighted by atomic mass is 15.4. The Hall–Kier alpha value is -2.93. The number of hydrogen-bond donors (Lipinski definition) is 2. The van der Waals surface area contributed by atoms with Crippen LogP contribution in [0, 0.1) is 0 Å². The molecular weight excluding hydrogens is 314 g/mol. The van der Waals surface area contributed by atoms with Crippen LogP contribution in [0.4, 0.5) is 17.6 Å². The van der Waals surface area contributed by atoms with Crippen LogP contribution in [0.2, 0.25) is 0 Å². The highest BCUT2D eigenvalue weighted by Gasteiger charge is 2.12. The SMILES string of the molecule is Nc1nc(Nc2ccc(CN3CCCC3)cc2)nn1-c1ccccn1. The third-order valence-electron chi connectivity index (χ3n) is 4.31. The Kier molecular flexibility index (Phi) is 4.30. The second-order valence-corrected chi connectivity index (χ2v) is 6.20. The molecule has 0 aliphatic carbocycles. The average Bonchev–Trinajstić information content (AvgIpc) is 3.27. The molecule has 1 aliphatic rings. The number of nitrogens with one attached hydrogen (secondary N) is 1. The summed E-state index contributed by atoms with van der Waals surface area (Å²) in [5.74, 6) is 1.39. The minimum atomic E-state index is 0.298. The molecule has 3 heterocycles. The van der Waals surface area contributed by atoms with E-state index in [4.69, 9.17) is 5.73 Å². The van der Waals surface area contributed by atoms with Crippen molar-refractivity contribution in [1.82, 2.24) is 24.6 Å². The molecule has 1 aromatic carbocycles. The number of pyridine rings is 1. The number of anilines is 3. The van der Waals surface area contributed by atoms with Gasteiger partial charge in [-0.1, -0.05) is 18.2 Å². The van der Waals surface area contributed by atoms with E-state index in [2.05, 4.69) is 37.4 Å². The standard InChI is InChI=1S/C18H21N7/c19-17-22-18(23-25(17)16-5-1-2-10-20-16)21-15-8-6-14(7-9-15)13-24-11-3-4-12-24/h1-2,5-10H,3-4,11-13H2,(H3,19,21,22,23). The van der Waals surface area contributed by atoms with Gasteiger partial charge in [0.05, 0.1) is 0 Å². The van der Waals surface area contributed by atoms with Crippen LogP contribution in [0.5, 0.6) is 0 Å². The maximum absolute atomic E-state index is 5.95. The second-order valence-electron chi connectivity index (χ2n) is 6.20. The quantitative estimate of drug-likeness (QED) is 0.745. The molecule has 1 aliphatic heterocycles. The van der Waals surface area contributed by atoms with Crippen molar-refractivity contribution >= 4 is 17.6 Å². The van der Waals surface area contributed by atoms with Gasteiger partial charge in [-0.2, -0.15) is 9.67 Å². The van der Waals surface area contributed by atoms with E-state index < -0.39 is 0 Å². The molecule has 0 radical (unpaired) electrons. The van der Waals surface area contributed by atoms with Crippen LogP contribution in [0.15, 0.2) is 48.7 Å². The Labute approximate surface area is 146 Å². The summed E-state index contributed by atoms with van der Waals surface area (Å²) in [5.41, 5.74) is 8.20. The van der Waals surface area contributed by atoms with Gasteiger partial charge in [0.1, 0.15) is 0 Å². The number of nitrogens with two attached hydrogens (primary N) is 1. The fourth-order valence-corrected chi connectivity index (χ4v) is 3.05. The lowest BCUT2D eigenvalue weighted by Gasteiger charge is -2.14. The van der Waals surface area contributed by atoms with E-state index in [1.807, 2.05) is 30.3 Å². The largest absolute Gasteiger partial charge is 0.368 e. The molecule has 0 bridgehead atoms. The van der Waals surface area contributed by atoms with Gasteiger partial charge in [0.2, 0.25) is 11.9 Å². The van der Waals surface area contributed by atoms with Crippen molar-refractivity contribution < 1.29 is 0 Å². The van der Waals surface area contributed by atoms with Gasteiger partial charge in [0, 0.05) is 18.4 Å². The molecule has 128 valence electrons. The molecule has 1 saturated heterocycles. The molecule has 3 N–H and O–H groups in total. The molecule has 0 spiro atoms. The molecule has 7 nitrogen and oxygen atoms in total. The third-order valence-corrected chi connectivity index (χ3v) is 4.31. The lowest BCUT2D eigenvalue weighted by Crippen LogP contribution is -2.18. The minimum absolute atomic E-state index is 0.298. The minimum Gasteiger partial charge on any atom is -0.368 e. The zero-order chi connectivity index (χ0) is 17.1. The van der Waals surface area contributed by atoms with Crippen LogP contribution in [-0.2, 0) is 6.54 Å². The zero-order valence-electron chi connectivity index (χ0n) is 14.0. The summed E-state index contributed by atoms with van der Waals surface area (Å²) >= 11 is 0. The van der Waals surface area contributed by atoms with Crippen LogP contribution < -0.4 is 11.1 Å². The Morgan fingerprint density at radius 2 is 1.84 bits per heavy atom. The first-order valence-electron chi connectivity index (χ1n) is 8.50. The van der Waals surface area contributed by atoms with Crippen molar-refractivity contribution in [3.8, 4) is 5.82 Å². The van der Waals surface area contributed by atoms with Gasteiger partial charge >= 0.3 is 0 Å². The molecule has 25 heavy (non-hydrogen) atoms. The predicted octanol–water partition coefficient (Wildman–Crippen LogP) is 2.58. The lowest BCUT2D eigenvalue weighted by atomic mass is 10.2. The number of hydrogen-bond acceptors (Lipinski definition) is 6. The van der Waals surface area contributed by atoms with Gasteiger partial charge in [0.25, 0.3) is 0 Å². The fraction of sp³-hybridized carbons (Fsp3) is 0.278. The molecule has 0 atom stereocenters. The number of likely N-dealkylation sites (tertiary alicyclic amines) is 1. The van der Waals surface area contributed by atoms with Crippen LogP contribution >= 0.6 is 0 Å². The van der Waals surface area contributed by atoms with Crippen LogP contribution in [0.3, 0.4) is 0 Å². The summed E-state index contributed by atoms with van der Waals surface area (Å²) in [5, 5.41) is 7.57. The molecule has 2 aromatic heterocycles. The van der Waals surface area contributed by atoms with E-state index in [-0.39, 0.29) is 0 Å². The maximum atomic E-state index is 5.95. The predicted molar refractivity (Wildman–Crippen MR) is 97.8 cm³/mol. The number of aromatic nitrogens is 4. The Morgan fingerprint density at radius 1 is 1.04 bits per heavy atom. The third kappa shape index (κ3) is 3.61. The fourth-order valence-electron chi connectivity index (χ4n) is 3.05. The normalized spacial score (nSPS) is 14.7. The van der Waals surface area contributed by atoms with Crippen LogP contribution in [-0.4, -0.2) is 37.7 Å².